The molecule has 0 fully saturated rings. The zero-order chi connectivity index (χ0) is 32.0. The zero-order valence-corrected chi connectivity index (χ0v) is 27.4. The summed E-state index contributed by atoms with van der Waals surface area (Å²) in [4.78, 5) is 38.6. The predicted molar refractivity (Wildman–Crippen MR) is 167 cm³/mol. The van der Waals surface area contributed by atoms with Gasteiger partial charge in [-0.3, -0.25) is 14.4 Å². The lowest BCUT2D eigenvalue weighted by molar-refractivity contribution is -0.143. The second-order valence-corrected chi connectivity index (χ2v) is 13.1. The van der Waals surface area contributed by atoms with Gasteiger partial charge in [0.25, 0.3) is 0 Å². The van der Waals surface area contributed by atoms with Gasteiger partial charge in [-0.1, -0.05) is 34.6 Å². The number of hydrogen-bond acceptors (Lipinski definition) is 7. The number of ketones is 1. The van der Waals surface area contributed by atoms with Crippen molar-refractivity contribution in [2.45, 2.75) is 94.4 Å². The van der Waals surface area contributed by atoms with E-state index < -0.39 is 10.8 Å². The van der Waals surface area contributed by atoms with Gasteiger partial charge < -0.3 is 18.9 Å². The molecule has 42 heavy (non-hydrogen) atoms. The molecule has 0 atom stereocenters. The first-order valence-corrected chi connectivity index (χ1v) is 14.6. The molecule has 0 unspecified atom stereocenters. The molecule has 0 heterocycles. The summed E-state index contributed by atoms with van der Waals surface area (Å²) in [6.45, 7) is 21.3. The van der Waals surface area contributed by atoms with Crippen molar-refractivity contribution in [2.24, 2.45) is 10.8 Å². The second kappa shape index (κ2) is 14.0. The fraction of sp³-hybridized carbons (Fsp3) is 0.514. The van der Waals surface area contributed by atoms with Gasteiger partial charge in [0.1, 0.15) is 23.0 Å². The Balaban J connectivity index is 2.68. The summed E-state index contributed by atoms with van der Waals surface area (Å²) in [6.07, 6.45) is 3.94. The molecule has 0 N–H and O–H groups in total. The van der Waals surface area contributed by atoms with Crippen molar-refractivity contribution in [3.05, 3.63) is 52.6 Å². The summed E-state index contributed by atoms with van der Waals surface area (Å²) < 4.78 is 23.8. The maximum Gasteiger partial charge on any atom is 0.316 e. The average Bonchev–Trinajstić information content (AvgIpc) is 2.89. The number of carbonyl (C=O) groups excluding carboxylic acids is 3. The van der Waals surface area contributed by atoms with Crippen molar-refractivity contribution in [3.8, 4) is 23.0 Å². The smallest absolute Gasteiger partial charge is 0.316 e. The van der Waals surface area contributed by atoms with Crippen molar-refractivity contribution in [2.75, 3.05) is 13.7 Å². The van der Waals surface area contributed by atoms with Gasteiger partial charge in [-0.15, -0.1) is 0 Å². The minimum atomic E-state index is -0.716. The molecular weight excluding hydrogens is 532 g/mol. The van der Waals surface area contributed by atoms with E-state index >= 15 is 0 Å². The largest absolute Gasteiger partial charge is 0.496 e. The van der Waals surface area contributed by atoms with Gasteiger partial charge in [0.15, 0.2) is 5.78 Å². The minimum absolute atomic E-state index is 0.0609. The number of benzene rings is 2. The van der Waals surface area contributed by atoms with Crippen molar-refractivity contribution < 1.29 is 33.3 Å². The molecular formula is C35H48O7. The number of allylic oxidation sites excluding steroid dienone is 1. The third kappa shape index (κ3) is 8.46. The lowest BCUT2D eigenvalue weighted by Crippen LogP contribution is -2.27. The average molecular weight is 581 g/mol. The van der Waals surface area contributed by atoms with E-state index in [9.17, 15) is 14.4 Å². The summed E-state index contributed by atoms with van der Waals surface area (Å²) in [5, 5.41) is 0. The molecule has 7 nitrogen and oxygen atoms in total. The van der Waals surface area contributed by atoms with Crippen LogP contribution >= 0.6 is 0 Å². The van der Waals surface area contributed by atoms with E-state index in [1.165, 1.54) is 6.08 Å². The van der Waals surface area contributed by atoms with Crippen molar-refractivity contribution in [1.29, 1.82) is 0 Å². The fourth-order valence-corrected chi connectivity index (χ4v) is 4.08. The third-order valence-electron chi connectivity index (χ3n) is 6.45. The Bertz CT molecular complexity index is 1300. The second-order valence-electron chi connectivity index (χ2n) is 13.1. The van der Waals surface area contributed by atoms with Crippen LogP contribution in [0.5, 0.6) is 23.0 Å². The highest BCUT2D eigenvalue weighted by Gasteiger charge is 2.33. The molecule has 2 rings (SSSR count). The fourth-order valence-electron chi connectivity index (χ4n) is 4.08. The molecule has 0 aliphatic heterocycles. The molecule has 0 amide bonds. The van der Waals surface area contributed by atoms with E-state index in [1.54, 1.807) is 58.2 Å². The van der Waals surface area contributed by atoms with Crippen LogP contribution in [-0.4, -0.2) is 31.4 Å². The number of methoxy groups -OCH3 is 1. The summed E-state index contributed by atoms with van der Waals surface area (Å²) in [5.41, 5.74) is 1.17. The Morgan fingerprint density at radius 1 is 0.762 bits per heavy atom. The molecule has 2 aromatic carbocycles. The first-order chi connectivity index (χ1) is 19.4. The van der Waals surface area contributed by atoms with Gasteiger partial charge in [-0.05, 0) is 96.2 Å². The van der Waals surface area contributed by atoms with Gasteiger partial charge in [0, 0.05) is 16.7 Å². The normalized spacial score (nSPS) is 12.1. The van der Waals surface area contributed by atoms with E-state index in [1.807, 2.05) is 55.4 Å². The Kier molecular flexibility index (Phi) is 11.6. The Hall–Kier alpha value is -3.61. The molecule has 0 bridgehead atoms. The predicted octanol–water partition coefficient (Wildman–Crippen LogP) is 8.53. The van der Waals surface area contributed by atoms with Crippen LogP contribution in [0.4, 0.5) is 0 Å². The molecule has 230 valence electrons. The minimum Gasteiger partial charge on any atom is -0.496 e. The van der Waals surface area contributed by atoms with Crippen molar-refractivity contribution in [1.82, 2.24) is 0 Å². The molecule has 0 radical (unpaired) electrons. The molecule has 0 saturated heterocycles. The number of hydrogen-bond donors (Lipinski definition) is 0. The van der Waals surface area contributed by atoms with Crippen LogP contribution in [0.25, 0.3) is 6.08 Å². The van der Waals surface area contributed by atoms with E-state index in [0.29, 0.717) is 40.7 Å². The number of ether oxygens (including phenoxy) is 4. The Morgan fingerprint density at radius 2 is 1.26 bits per heavy atom. The number of carbonyl (C=O) groups is 3. The van der Waals surface area contributed by atoms with Crippen molar-refractivity contribution in [3.63, 3.8) is 0 Å². The van der Waals surface area contributed by atoms with Crippen LogP contribution in [0.2, 0.25) is 0 Å². The summed E-state index contributed by atoms with van der Waals surface area (Å²) >= 11 is 0. The topological polar surface area (TPSA) is 88.1 Å². The van der Waals surface area contributed by atoms with Gasteiger partial charge in [0.05, 0.1) is 30.1 Å². The van der Waals surface area contributed by atoms with Crippen LogP contribution in [0.1, 0.15) is 121 Å². The van der Waals surface area contributed by atoms with E-state index in [0.717, 1.165) is 17.5 Å². The number of rotatable bonds is 11. The summed E-state index contributed by atoms with van der Waals surface area (Å²) in [6, 6.07) is 6.45. The van der Waals surface area contributed by atoms with Gasteiger partial charge in [-0.2, -0.15) is 0 Å². The molecule has 7 heteroatoms. The quantitative estimate of drug-likeness (QED) is 0.114. The van der Waals surface area contributed by atoms with Gasteiger partial charge >= 0.3 is 11.9 Å². The molecule has 2 aromatic rings. The van der Waals surface area contributed by atoms with E-state index in [-0.39, 0.29) is 29.6 Å². The third-order valence-corrected chi connectivity index (χ3v) is 6.45. The first-order valence-electron chi connectivity index (χ1n) is 14.6. The van der Waals surface area contributed by atoms with E-state index in [4.69, 9.17) is 18.9 Å². The van der Waals surface area contributed by atoms with E-state index in [2.05, 4.69) is 0 Å². The molecule has 0 aliphatic rings. The highest BCUT2D eigenvalue weighted by molar-refractivity contribution is 6.07. The highest BCUT2D eigenvalue weighted by atomic mass is 16.5. The lowest BCUT2D eigenvalue weighted by atomic mass is 9.88. The monoisotopic (exact) mass is 580 g/mol. The summed E-state index contributed by atoms with van der Waals surface area (Å²) in [5.74, 6) is 0.761. The summed E-state index contributed by atoms with van der Waals surface area (Å²) in [7, 11) is 1.56. The van der Waals surface area contributed by atoms with Crippen LogP contribution < -0.4 is 18.9 Å². The number of esters is 2. The standard InChI is InChI=1S/C35H48O7/c1-13-20-40-30-25(18-19-26(36)23-14-16-24(17-15-23)41-32(37)34(6,7)8)29(39-12)27(21(2)3)31(28(30)22(4)5)42-33(38)35(9,10)11/h14-19,21-22H,13,20H2,1-12H3. The molecule has 0 aromatic heterocycles. The molecule has 0 saturated carbocycles. The molecule has 0 aliphatic carbocycles. The van der Waals surface area contributed by atoms with Gasteiger partial charge in [-0.25, -0.2) is 0 Å². The molecule has 0 spiro atoms. The van der Waals surface area contributed by atoms with Crippen LogP contribution in [0.15, 0.2) is 30.3 Å². The van der Waals surface area contributed by atoms with Gasteiger partial charge in [0.2, 0.25) is 0 Å². The maximum absolute atomic E-state index is 13.3. The van der Waals surface area contributed by atoms with Crippen molar-refractivity contribution >= 4 is 23.8 Å². The maximum atomic E-state index is 13.3. The highest BCUT2D eigenvalue weighted by Crippen LogP contribution is 2.50. The SMILES string of the molecule is CCCOc1c(C=CC(=O)c2ccc(OC(=O)C(C)(C)C)cc2)c(OC)c(C(C)C)c(OC(=O)C(C)(C)C)c1C(C)C. The Morgan fingerprint density at radius 3 is 1.71 bits per heavy atom. The van der Waals surface area contributed by atoms with Crippen LogP contribution in [0, 0.1) is 10.8 Å². The zero-order valence-electron chi connectivity index (χ0n) is 27.4. The Labute approximate surface area is 251 Å². The first kappa shape index (κ1) is 34.6. The lowest BCUT2D eigenvalue weighted by Gasteiger charge is -2.28. The van der Waals surface area contributed by atoms with Crippen LogP contribution in [-0.2, 0) is 9.59 Å². The van der Waals surface area contributed by atoms with Crippen LogP contribution in [0.3, 0.4) is 0 Å².